The van der Waals surface area contributed by atoms with Crippen LogP contribution in [0.5, 0.6) is 0 Å². The van der Waals surface area contributed by atoms with E-state index in [0.29, 0.717) is 0 Å². The molecule has 0 fully saturated rings. The van der Waals surface area contributed by atoms with Gasteiger partial charge < -0.3 is 5.32 Å². The van der Waals surface area contributed by atoms with Crippen LogP contribution in [0.25, 0.3) is 0 Å². The molecule has 6 heavy (non-hydrogen) atoms. The van der Waals surface area contributed by atoms with Crippen molar-refractivity contribution in [2.75, 3.05) is 13.1 Å². The molecule has 0 amide bonds. The Morgan fingerprint density at radius 3 is 2.67 bits per heavy atom. The van der Waals surface area contributed by atoms with Crippen LogP contribution in [0.2, 0.25) is 0 Å². The minimum absolute atomic E-state index is 0.927. The van der Waals surface area contributed by atoms with Gasteiger partial charge in [-0.25, -0.2) is 0 Å². The van der Waals surface area contributed by atoms with Gasteiger partial charge in [0.15, 0.2) is 0 Å². The molecule has 1 heterocycles. The summed E-state index contributed by atoms with van der Waals surface area (Å²) in [5.74, 6) is 0. The first-order valence-electron chi connectivity index (χ1n) is 2.04. The van der Waals surface area contributed by atoms with E-state index in [1.807, 2.05) is 12.8 Å². The first-order chi connectivity index (χ1) is 3.00. The fourth-order valence-corrected chi connectivity index (χ4v) is 0.392. The zero-order chi connectivity index (χ0) is 4.24. The van der Waals surface area contributed by atoms with Crippen molar-refractivity contribution < 1.29 is 0 Å². The molecule has 0 saturated carbocycles. The fraction of sp³-hybridized carbons (Fsp3) is 0.500. The van der Waals surface area contributed by atoms with Gasteiger partial charge in [0.1, 0.15) is 0 Å². The maximum absolute atomic E-state index is 3.86. The molecule has 0 spiro atoms. The molecule has 1 aliphatic heterocycles. The lowest BCUT2D eigenvalue weighted by atomic mass is 10.5. The average Bonchev–Trinajstić information content (AvgIpc) is 1.72. The number of hydrogen-bond donors (Lipinski definition) is 1. The zero-order valence-electron chi connectivity index (χ0n) is 3.52. The van der Waals surface area contributed by atoms with E-state index in [9.17, 15) is 0 Å². The Kier molecular flexibility index (Phi) is 1.22. The topological polar surface area (TPSA) is 24.4 Å². The number of nitrogens with one attached hydrogen (secondary N) is 1. The Morgan fingerprint density at radius 1 is 1.50 bits per heavy atom. The predicted octanol–water partition coefficient (Wildman–Crippen LogP) is -0.178. The molecule has 0 aromatic rings. The lowest BCUT2D eigenvalue weighted by molar-refractivity contribution is 0.804. The monoisotopic (exact) mass is 83.1 g/mol. The van der Waals surface area contributed by atoms with Crippen LogP contribution in [0.15, 0.2) is 4.99 Å². The van der Waals surface area contributed by atoms with Crippen molar-refractivity contribution in [1.82, 2.24) is 5.32 Å². The third kappa shape index (κ3) is 0.792. The van der Waals surface area contributed by atoms with Crippen LogP contribution in [-0.2, 0) is 0 Å². The molecule has 2 nitrogen and oxygen atoms in total. The van der Waals surface area contributed by atoms with Crippen molar-refractivity contribution in [3.8, 4) is 0 Å². The van der Waals surface area contributed by atoms with Gasteiger partial charge in [-0.2, -0.15) is 0 Å². The first-order valence-corrected chi connectivity index (χ1v) is 2.04. The van der Waals surface area contributed by atoms with Crippen molar-refractivity contribution in [1.29, 1.82) is 0 Å². The third-order valence-corrected chi connectivity index (χ3v) is 0.682. The molecule has 33 valence electrons. The summed E-state index contributed by atoms with van der Waals surface area (Å²) < 4.78 is 0. The Hall–Kier alpha value is -0.370. The summed E-state index contributed by atoms with van der Waals surface area (Å²) in [4.78, 5) is 3.86. The summed E-state index contributed by atoms with van der Waals surface area (Å²) in [5, 5.41) is 3.08. The number of hydrogen-bond acceptors (Lipinski definition) is 2. The van der Waals surface area contributed by atoms with Gasteiger partial charge in [0.2, 0.25) is 0 Å². The van der Waals surface area contributed by atoms with Crippen molar-refractivity contribution in [3.05, 3.63) is 6.54 Å². The van der Waals surface area contributed by atoms with E-state index in [1.54, 1.807) is 0 Å². The number of rotatable bonds is 0. The summed E-state index contributed by atoms with van der Waals surface area (Å²) >= 11 is 0. The molecular weight excluding hydrogens is 76.1 g/mol. The van der Waals surface area contributed by atoms with E-state index in [4.69, 9.17) is 0 Å². The summed E-state index contributed by atoms with van der Waals surface area (Å²) in [6.07, 6.45) is 1.85. The van der Waals surface area contributed by atoms with Gasteiger partial charge in [0.25, 0.3) is 0 Å². The van der Waals surface area contributed by atoms with Crippen molar-refractivity contribution in [2.45, 2.75) is 0 Å². The maximum atomic E-state index is 3.86. The van der Waals surface area contributed by atoms with Crippen LogP contribution in [-0.4, -0.2) is 19.3 Å². The van der Waals surface area contributed by atoms with E-state index >= 15 is 0 Å². The van der Waals surface area contributed by atoms with Crippen LogP contribution in [0, 0.1) is 6.54 Å². The van der Waals surface area contributed by atoms with E-state index in [0.717, 1.165) is 13.1 Å². The molecule has 0 unspecified atom stereocenters. The molecule has 0 aromatic heterocycles. The second kappa shape index (κ2) is 1.92. The molecule has 0 aromatic carbocycles. The highest BCUT2D eigenvalue weighted by Gasteiger charge is 1.86. The average molecular weight is 83.1 g/mol. The molecule has 0 aliphatic carbocycles. The first kappa shape index (κ1) is 3.81. The van der Waals surface area contributed by atoms with E-state index in [2.05, 4.69) is 10.3 Å². The second-order valence-electron chi connectivity index (χ2n) is 1.17. The van der Waals surface area contributed by atoms with Crippen LogP contribution in [0.4, 0.5) is 0 Å². The van der Waals surface area contributed by atoms with Crippen LogP contribution >= 0.6 is 0 Å². The van der Waals surface area contributed by atoms with Gasteiger partial charge in [0.05, 0.1) is 6.54 Å². The van der Waals surface area contributed by atoms with Gasteiger partial charge in [-0.05, 0) is 0 Å². The van der Waals surface area contributed by atoms with Gasteiger partial charge >= 0.3 is 0 Å². The predicted molar refractivity (Wildman–Crippen MR) is 25.7 cm³/mol. The second-order valence-corrected chi connectivity index (χ2v) is 1.17. The fourth-order valence-electron chi connectivity index (χ4n) is 0.392. The normalized spacial score (nSPS) is 21.3. The van der Waals surface area contributed by atoms with Crippen LogP contribution < -0.4 is 5.32 Å². The smallest absolute Gasteiger partial charge is 0.0856 e. The highest BCUT2D eigenvalue weighted by Crippen LogP contribution is 1.77. The van der Waals surface area contributed by atoms with E-state index < -0.39 is 0 Å². The molecule has 1 radical (unpaired) electrons. The molecule has 1 aliphatic rings. The minimum Gasteiger partial charge on any atom is -0.310 e. The highest BCUT2D eigenvalue weighted by molar-refractivity contribution is 5.60. The number of nitrogens with zero attached hydrogens (tertiary/aromatic N) is 1. The lowest BCUT2D eigenvalue weighted by Gasteiger charge is -2.00. The van der Waals surface area contributed by atoms with Gasteiger partial charge in [-0.15, -0.1) is 0 Å². The highest BCUT2D eigenvalue weighted by atomic mass is 14.9. The Morgan fingerprint density at radius 2 is 2.50 bits per heavy atom. The van der Waals surface area contributed by atoms with E-state index in [1.165, 1.54) is 0 Å². The summed E-state index contributed by atoms with van der Waals surface area (Å²) in [5.41, 5.74) is 0. The van der Waals surface area contributed by atoms with Crippen molar-refractivity contribution >= 4 is 6.21 Å². The van der Waals surface area contributed by atoms with Gasteiger partial charge in [0, 0.05) is 19.3 Å². The SMILES string of the molecule is [CH]1CNCC=N1. The largest absolute Gasteiger partial charge is 0.310 e. The van der Waals surface area contributed by atoms with Crippen molar-refractivity contribution in [2.24, 2.45) is 4.99 Å². The molecule has 2 heteroatoms. The Balaban J connectivity index is 2.26. The minimum atomic E-state index is 0.927. The molecule has 0 saturated heterocycles. The summed E-state index contributed by atoms with van der Waals surface area (Å²) in [6.45, 7) is 3.70. The number of aliphatic imine (C=N–C) groups is 1. The Bertz CT molecular complexity index is 50.6. The molecular formula is C4H7N2. The van der Waals surface area contributed by atoms with Crippen LogP contribution in [0.1, 0.15) is 0 Å². The van der Waals surface area contributed by atoms with Crippen LogP contribution in [0.3, 0.4) is 0 Å². The maximum Gasteiger partial charge on any atom is 0.0856 e. The van der Waals surface area contributed by atoms with E-state index in [-0.39, 0.29) is 0 Å². The molecule has 1 rings (SSSR count). The van der Waals surface area contributed by atoms with Gasteiger partial charge in [-0.3, -0.25) is 4.99 Å². The third-order valence-electron chi connectivity index (χ3n) is 0.682. The van der Waals surface area contributed by atoms with Crippen molar-refractivity contribution in [3.63, 3.8) is 0 Å². The zero-order valence-corrected chi connectivity index (χ0v) is 3.52. The summed E-state index contributed by atoms with van der Waals surface area (Å²) in [6, 6.07) is 0. The molecule has 1 N–H and O–H groups in total. The molecule has 0 atom stereocenters. The molecule has 0 bridgehead atoms. The quantitative estimate of drug-likeness (QED) is 0.431. The standard InChI is InChI=1S/C4H7N2/c1-2-6-4-3-5-1/h1,3,6H,2,4H2. The Labute approximate surface area is 37.3 Å². The lowest BCUT2D eigenvalue weighted by Crippen LogP contribution is -2.21. The van der Waals surface area contributed by atoms with Gasteiger partial charge in [-0.1, -0.05) is 0 Å². The summed E-state index contributed by atoms with van der Waals surface area (Å²) in [7, 11) is 0.